The molecular formula is C11H15BrClN. The summed E-state index contributed by atoms with van der Waals surface area (Å²) in [6.07, 6.45) is 0. The summed E-state index contributed by atoms with van der Waals surface area (Å²) in [4.78, 5) is 0. The molecule has 0 aliphatic carbocycles. The van der Waals surface area contributed by atoms with Gasteiger partial charge in [-0.3, -0.25) is 0 Å². The monoisotopic (exact) mass is 275 g/mol. The van der Waals surface area contributed by atoms with Crippen LogP contribution in [0.25, 0.3) is 0 Å². The minimum absolute atomic E-state index is 0.277. The van der Waals surface area contributed by atoms with Crippen molar-refractivity contribution in [1.82, 2.24) is 0 Å². The van der Waals surface area contributed by atoms with Crippen molar-refractivity contribution in [2.45, 2.75) is 20.8 Å². The van der Waals surface area contributed by atoms with E-state index >= 15 is 0 Å². The molecule has 1 N–H and O–H groups in total. The molecule has 0 aromatic heterocycles. The van der Waals surface area contributed by atoms with Crippen LogP contribution in [-0.4, -0.2) is 6.54 Å². The second-order valence-electron chi connectivity index (χ2n) is 4.54. The SMILES string of the molecule is CC(C)(C)CNc1ccc(Br)c(Cl)c1. The first-order chi connectivity index (χ1) is 6.38. The fourth-order valence-corrected chi connectivity index (χ4v) is 1.40. The summed E-state index contributed by atoms with van der Waals surface area (Å²) in [5, 5.41) is 4.09. The minimum Gasteiger partial charge on any atom is -0.384 e. The molecule has 0 heterocycles. The second-order valence-corrected chi connectivity index (χ2v) is 5.80. The number of rotatable bonds is 2. The average Bonchev–Trinajstić information content (AvgIpc) is 2.06. The van der Waals surface area contributed by atoms with Gasteiger partial charge in [-0.05, 0) is 39.5 Å². The van der Waals surface area contributed by atoms with E-state index in [4.69, 9.17) is 11.6 Å². The van der Waals surface area contributed by atoms with E-state index in [-0.39, 0.29) is 5.41 Å². The molecule has 0 unspecified atom stereocenters. The summed E-state index contributed by atoms with van der Waals surface area (Å²) in [5.41, 5.74) is 1.34. The molecule has 1 rings (SSSR count). The quantitative estimate of drug-likeness (QED) is 0.835. The summed E-state index contributed by atoms with van der Waals surface area (Å²) >= 11 is 9.34. The first kappa shape index (κ1) is 11.9. The van der Waals surface area contributed by atoms with Gasteiger partial charge in [-0.15, -0.1) is 0 Å². The van der Waals surface area contributed by atoms with Gasteiger partial charge in [-0.25, -0.2) is 0 Å². The number of hydrogen-bond acceptors (Lipinski definition) is 1. The van der Waals surface area contributed by atoms with Crippen molar-refractivity contribution in [3.05, 3.63) is 27.7 Å². The van der Waals surface area contributed by atoms with E-state index in [9.17, 15) is 0 Å². The van der Waals surface area contributed by atoms with Gasteiger partial charge < -0.3 is 5.32 Å². The maximum atomic E-state index is 5.98. The molecule has 78 valence electrons. The Balaban J connectivity index is 2.65. The predicted molar refractivity (Wildman–Crippen MR) is 67.1 cm³/mol. The molecule has 0 aliphatic heterocycles. The van der Waals surface area contributed by atoms with E-state index in [1.165, 1.54) is 0 Å². The Morgan fingerprint density at radius 1 is 1.36 bits per heavy atom. The Bertz CT molecular complexity index is 318. The molecule has 14 heavy (non-hydrogen) atoms. The summed E-state index contributed by atoms with van der Waals surface area (Å²) in [6.45, 7) is 7.52. The molecule has 1 nitrogen and oxygen atoms in total. The van der Waals surface area contributed by atoms with Gasteiger partial charge in [0.15, 0.2) is 0 Å². The third-order valence-corrected chi connectivity index (χ3v) is 2.97. The van der Waals surface area contributed by atoms with Crippen molar-refractivity contribution in [1.29, 1.82) is 0 Å². The minimum atomic E-state index is 0.277. The Kier molecular flexibility index (Phi) is 3.85. The van der Waals surface area contributed by atoms with Crippen molar-refractivity contribution >= 4 is 33.2 Å². The molecule has 0 atom stereocenters. The number of benzene rings is 1. The predicted octanol–water partition coefficient (Wildman–Crippen LogP) is 4.56. The van der Waals surface area contributed by atoms with Crippen LogP contribution in [0.2, 0.25) is 5.02 Å². The Labute approximate surface area is 99.0 Å². The van der Waals surface area contributed by atoms with Gasteiger partial charge >= 0.3 is 0 Å². The van der Waals surface area contributed by atoms with Gasteiger partial charge in [0.2, 0.25) is 0 Å². The van der Waals surface area contributed by atoms with Crippen LogP contribution in [0.15, 0.2) is 22.7 Å². The molecule has 1 aromatic rings. The largest absolute Gasteiger partial charge is 0.384 e. The lowest BCUT2D eigenvalue weighted by Crippen LogP contribution is -2.18. The van der Waals surface area contributed by atoms with Crippen LogP contribution >= 0.6 is 27.5 Å². The molecule has 0 saturated carbocycles. The van der Waals surface area contributed by atoms with Crippen molar-refractivity contribution in [3.63, 3.8) is 0 Å². The molecule has 0 radical (unpaired) electrons. The molecule has 0 spiro atoms. The molecule has 1 aromatic carbocycles. The Morgan fingerprint density at radius 2 is 2.00 bits per heavy atom. The molecule has 0 fully saturated rings. The number of hydrogen-bond donors (Lipinski definition) is 1. The van der Waals surface area contributed by atoms with E-state index in [2.05, 4.69) is 42.0 Å². The molecular weight excluding hydrogens is 261 g/mol. The zero-order valence-corrected chi connectivity index (χ0v) is 11.0. The van der Waals surface area contributed by atoms with E-state index in [0.29, 0.717) is 0 Å². The molecule has 0 amide bonds. The Hall–Kier alpha value is -0.210. The molecule has 0 aliphatic rings. The van der Waals surface area contributed by atoms with Gasteiger partial charge in [0, 0.05) is 16.7 Å². The second kappa shape index (κ2) is 4.54. The fraction of sp³-hybridized carbons (Fsp3) is 0.455. The smallest absolute Gasteiger partial charge is 0.0568 e. The summed E-state index contributed by atoms with van der Waals surface area (Å²) in [7, 11) is 0. The lowest BCUT2D eigenvalue weighted by molar-refractivity contribution is 0.443. The van der Waals surface area contributed by atoms with Gasteiger partial charge in [0.1, 0.15) is 0 Å². The highest BCUT2D eigenvalue weighted by Crippen LogP contribution is 2.26. The first-order valence-electron chi connectivity index (χ1n) is 4.57. The molecule has 0 bridgehead atoms. The zero-order chi connectivity index (χ0) is 10.8. The maximum Gasteiger partial charge on any atom is 0.0568 e. The van der Waals surface area contributed by atoms with Gasteiger partial charge in [-0.1, -0.05) is 32.4 Å². The van der Waals surface area contributed by atoms with Crippen molar-refractivity contribution < 1.29 is 0 Å². The van der Waals surface area contributed by atoms with E-state index in [1.807, 2.05) is 18.2 Å². The van der Waals surface area contributed by atoms with Crippen molar-refractivity contribution in [2.24, 2.45) is 5.41 Å². The van der Waals surface area contributed by atoms with Gasteiger partial charge in [0.25, 0.3) is 0 Å². The number of nitrogens with one attached hydrogen (secondary N) is 1. The third kappa shape index (κ3) is 3.89. The van der Waals surface area contributed by atoms with Crippen LogP contribution < -0.4 is 5.32 Å². The average molecular weight is 277 g/mol. The van der Waals surface area contributed by atoms with Crippen LogP contribution in [0.3, 0.4) is 0 Å². The number of anilines is 1. The highest BCUT2D eigenvalue weighted by atomic mass is 79.9. The van der Waals surface area contributed by atoms with E-state index < -0.39 is 0 Å². The third-order valence-electron chi connectivity index (χ3n) is 1.74. The van der Waals surface area contributed by atoms with Crippen LogP contribution in [0.1, 0.15) is 20.8 Å². The molecule has 3 heteroatoms. The molecule has 0 saturated heterocycles. The Morgan fingerprint density at radius 3 is 2.50 bits per heavy atom. The lowest BCUT2D eigenvalue weighted by atomic mass is 9.97. The van der Waals surface area contributed by atoms with Gasteiger partial charge in [-0.2, -0.15) is 0 Å². The first-order valence-corrected chi connectivity index (χ1v) is 5.74. The van der Waals surface area contributed by atoms with E-state index in [1.54, 1.807) is 0 Å². The normalized spacial score (nSPS) is 11.5. The topological polar surface area (TPSA) is 12.0 Å². The van der Waals surface area contributed by atoms with Crippen LogP contribution in [0.4, 0.5) is 5.69 Å². The lowest BCUT2D eigenvalue weighted by Gasteiger charge is -2.19. The number of halogens is 2. The summed E-state index contributed by atoms with van der Waals surface area (Å²) in [6, 6.07) is 5.90. The maximum absolute atomic E-state index is 5.98. The van der Waals surface area contributed by atoms with Crippen LogP contribution in [0, 0.1) is 5.41 Å². The van der Waals surface area contributed by atoms with Crippen molar-refractivity contribution in [3.8, 4) is 0 Å². The van der Waals surface area contributed by atoms with Crippen LogP contribution in [0.5, 0.6) is 0 Å². The summed E-state index contributed by atoms with van der Waals surface area (Å²) in [5.74, 6) is 0. The fourth-order valence-electron chi connectivity index (χ4n) is 0.973. The zero-order valence-electron chi connectivity index (χ0n) is 8.70. The highest BCUT2D eigenvalue weighted by Gasteiger charge is 2.09. The standard InChI is InChI=1S/C11H15BrClN/c1-11(2,3)7-14-8-4-5-9(12)10(13)6-8/h4-6,14H,7H2,1-3H3. The van der Waals surface area contributed by atoms with Gasteiger partial charge in [0.05, 0.1) is 5.02 Å². The van der Waals surface area contributed by atoms with E-state index in [0.717, 1.165) is 21.7 Å². The van der Waals surface area contributed by atoms with Crippen LogP contribution in [-0.2, 0) is 0 Å². The summed E-state index contributed by atoms with van der Waals surface area (Å²) < 4.78 is 0.931. The van der Waals surface area contributed by atoms with Crippen molar-refractivity contribution in [2.75, 3.05) is 11.9 Å². The highest BCUT2D eigenvalue weighted by molar-refractivity contribution is 9.10.